The number of aromatic nitrogens is 6. The van der Waals surface area contributed by atoms with Gasteiger partial charge in [-0.1, -0.05) is 12.1 Å². The van der Waals surface area contributed by atoms with Crippen LogP contribution >= 0.6 is 12.4 Å². The highest BCUT2D eigenvalue weighted by Gasteiger charge is 2.12. The lowest BCUT2D eigenvalue weighted by Gasteiger charge is -2.05. The average Bonchev–Trinajstić information content (AvgIpc) is 3.25. The van der Waals surface area contributed by atoms with Gasteiger partial charge in [-0.05, 0) is 47.2 Å². The highest BCUT2D eigenvalue weighted by atomic mass is 35.5. The normalized spacial score (nSPS) is 13.3. The Morgan fingerprint density at radius 3 is 2.89 bits per heavy atom. The van der Waals surface area contributed by atoms with Gasteiger partial charge in [-0.2, -0.15) is 5.10 Å². The van der Waals surface area contributed by atoms with E-state index in [1.165, 1.54) is 5.69 Å². The second-order valence-corrected chi connectivity index (χ2v) is 6.27. The first kappa shape index (κ1) is 19.0. The molecule has 1 aliphatic heterocycles. The van der Waals surface area contributed by atoms with Crippen LogP contribution in [0.4, 0.5) is 0 Å². The van der Waals surface area contributed by atoms with E-state index in [4.69, 9.17) is 0 Å². The molecule has 3 aromatic rings. The number of nitrogens with zero attached hydrogens (tertiary/aromatic N) is 6. The van der Waals surface area contributed by atoms with E-state index < -0.39 is 0 Å². The lowest BCUT2D eigenvalue weighted by molar-refractivity contribution is 0.0950. The first-order valence-electron chi connectivity index (χ1n) is 8.62. The van der Waals surface area contributed by atoms with Crippen molar-refractivity contribution in [2.75, 3.05) is 6.54 Å². The number of carbonyl (C=O) groups is 1. The van der Waals surface area contributed by atoms with Gasteiger partial charge in [0.1, 0.15) is 6.33 Å². The fourth-order valence-electron chi connectivity index (χ4n) is 2.98. The summed E-state index contributed by atoms with van der Waals surface area (Å²) in [6.45, 7) is 3.75. The van der Waals surface area contributed by atoms with Crippen LogP contribution in [0.15, 0.2) is 36.7 Å². The highest BCUT2D eigenvalue weighted by Crippen LogP contribution is 2.09. The molecule has 0 spiro atoms. The van der Waals surface area contributed by atoms with Crippen LogP contribution < -0.4 is 10.6 Å². The standard InChI is InChI=1S/C17H20N8O.ClH/c26-17(14-4-2-13(3-5-14)11-24-12-20-22-23-24)19-9-15-8-16-10-18-6-1-7-25(16)21-15;/h2-5,8,12,18H,1,6-7,9-11H2,(H,19,26);1H. The van der Waals surface area contributed by atoms with Crippen LogP contribution in [-0.2, 0) is 26.2 Å². The van der Waals surface area contributed by atoms with Crippen molar-refractivity contribution in [1.82, 2.24) is 40.6 Å². The highest BCUT2D eigenvalue weighted by molar-refractivity contribution is 5.94. The van der Waals surface area contributed by atoms with Gasteiger partial charge in [0.25, 0.3) is 5.91 Å². The van der Waals surface area contributed by atoms with Gasteiger partial charge in [0.2, 0.25) is 0 Å². The van der Waals surface area contributed by atoms with Gasteiger partial charge in [0.15, 0.2) is 0 Å². The summed E-state index contributed by atoms with van der Waals surface area (Å²) in [6, 6.07) is 9.47. The summed E-state index contributed by atoms with van der Waals surface area (Å²) in [4.78, 5) is 12.3. The van der Waals surface area contributed by atoms with Crippen molar-refractivity contribution >= 4 is 18.3 Å². The van der Waals surface area contributed by atoms with Crippen LogP contribution in [0.3, 0.4) is 0 Å². The van der Waals surface area contributed by atoms with Gasteiger partial charge in [-0.25, -0.2) is 4.68 Å². The van der Waals surface area contributed by atoms with Gasteiger partial charge in [-0.15, -0.1) is 17.5 Å². The van der Waals surface area contributed by atoms with Crippen LogP contribution in [0.5, 0.6) is 0 Å². The molecule has 0 aliphatic carbocycles. The number of amides is 1. The number of hydrogen-bond donors (Lipinski definition) is 2. The van der Waals surface area contributed by atoms with Crippen molar-refractivity contribution in [3.8, 4) is 0 Å². The van der Waals surface area contributed by atoms with Gasteiger partial charge >= 0.3 is 0 Å². The van der Waals surface area contributed by atoms with Crippen molar-refractivity contribution in [3.05, 3.63) is 59.2 Å². The first-order valence-corrected chi connectivity index (χ1v) is 8.62. The maximum Gasteiger partial charge on any atom is 0.251 e. The fraction of sp³-hybridized carbons (Fsp3) is 0.353. The molecule has 1 aliphatic rings. The average molecular weight is 389 g/mol. The fourth-order valence-corrected chi connectivity index (χ4v) is 2.98. The van der Waals surface area contributed by atoms with E-state index >= 15 is 0 Å². The number of carbonyl (C=O) groups excluding carboxylic acids is 1. The van der Waals surface area contributed by atoms with Crippen molar-refractivity contribution in [2.24, 2.45) is 0 Å². The maximum absolute atomic E-state index is 12.3. The van der Waals surface area contributed by atoms with Crippen LogP contribution in [0.2, 0.25) is 0 Å². The van der Waals surface area contributed by atoms with E-state index in [0.717, 1.165) is 37.3 Å². The Bertz CT molecular complexity index is 851. The Labute approximate surface area is 162 Å². The molecule has 3 heterocycles. The number of nitrogens with one attached hydrogen (secondary N) is 2. The predicted molar refractivity (Wildman–Crippen MR) is 100 cm³/mol. The Balaban J connectivity index is 0.00000210. The Kier molecular flexibility index (Phi) is 6.15. The molecule has 0 radical (unpaired) electrons. The third-order valence-electron chi connectivity index (χ3n) is 4.33. The van der Waals surface area contributed by atoms with E-state index in [1.54, 1.807) is 23.1 Å². The molecule has 10 heteroatoms. The van der Waals surface area contributed by atoms with E-state index in [0.29, 0.717) is 18.7 Å². The van der Waals surface area contributed by atoms with Crippen LogP contribution in [0.25, 0.3) is 0 Å². The SMILES string of the molecule is Cl.O=C(NCc1cc2n(n1)CCCNC2)c1ccc(Cn2cnnn2)cc1. The van der Waals surface area contributed by atoms with E-state index in [-0.39, 0.29) is 18.3 Å². The summed E-state index contributed by atoms with van der Waals surface area (Å²) in [7, 11) is 0. The molecular formula is C17H21ClN8O. The van der Waals surface area contributed by atoms with Gasteiger partial charge in [-0.3, -0.25) is 9.48 Å². The molecule has 27 heavy (non-hydrogen) atoms. The molecule has 9 nitrogen and oxygen atoms in total. The van der Waals surface area contributed by atoms with Gasteiger partial charge in [0.05, 0.1) is 24.5 Å². The van der Waals surface area contributed by atoms with E-state index in [1.807, 2.05) is 22.9 Å². The molecule has 0 bridgehead atoms. The zero-order valence-electron chi connectivity index (χ0n) is 14.7. The van der Waals surface area contributed by atoms with Crippen molar-refractivity contribution in [2.45, 2.75) is 32.6 Å². The quantitative estimate of drug-likeness (QED) is 0.669. The second kappa shape index (κ2) is 8.74. The number of fused-ring (bicyclic) bond motifs is 1. The lowest BCUT2D eigenvalue weighted by Crippen LogP contribution is -2.23. The smallest absolute Gasteiger partial charge is 0.251 e. The summed E-state index contributed by atoms with van der Waals surface area (Å²) in [5.41, 5.74) is 3.69. The number of aryl methyl sites for hydroxylation is 1. The van der Waals surface area contributed by atoms with Crippen molar-refractivity contribution in [3.63, 3.8) is 0 Å². The first-order chi connectivity index (χ1) is 12.8. The summed E-state index contributed by atoms with van der Waals surface area (Å²) < 4.78 is 3.65. The molecule has 4 rings (SSSR count). The van der Waals surface area contributed by atoms with Gasteiger partial charge in [0, 0.05) is 18.7 Å². The minimum atomic E-state index is -0.111. The lowest BCUT2D eigenvalue weighted by atomic mass is 10.1. The van der Waals surface area contributed by atoms with Crippen LogP contribution in [-0.4, -0.2) is 42.4 Å². The maximum atomic E-state index is 12.3. The largest absolute Gasteiger partial charge is 0.346 e. The zero-order chi connectivity index (χ0) is 17.8. The number of halogens is 1. The molecule has 0 fully saturated rings. The number of tetrazole rings is 1. The van der Waals surface area contributed by atoms with Crippen molar-refractivity contribution in [1.29, 1.82) is 0 Å². The molecule has 1 amide bonds. The molecule has 1 aromatic carbocycles. The molecular weight excluding hydrogens is 368 g/mol. The van der Waals surface area contributed by atoms with E-state index in [9.17, 15) is 4.79 Å². The minimum Gasteiger partial charge on any atom is -0.346 e. The topological polar surface area (TPSA) is 103 Å². The Hall–Kier alpha value is -2.78. The summed E-state index contributed by atoms with van der Waals surface area (Å²) in [5.74, 6) is -0.111. The molecule has 142 valence electrons. The molecule has 2 aromatic heterocycles. The van der Waals surface area contributed by atoms with Crippen molar-refractivity contribution < 1.29 is 4.79 Å². The molecule has 0 saturated heterocycles. The van der Waals surface area contributed by atoms with Gasteiger partial charge < -0.3 is 10.6 Å². The molecule has 0 unspecified atom stereocenters. The number of rotatable bonds is 5. The number of hydrogen-bond acceptors (Lipinski definition) is 6. The minimum absolute atomic E-state index is 0. The molecule has 0 atom stereocenters. The monoisotopic (exact) mass is 388 g/mol. The third-order valence-corrected chi connectivity index (χ3v) is 4.33. The number of benzene rings is 1. The predicted octanol–water partition coefficient (Wildman–Crippen LogP) is 0.763. The summed E-state index contributed by atoms with van der Waals surface area (Å²) in [5, 5.41) is 21.9. The zero-order valence-corrected chi connectivity index (χ0v) is 15.5. The van der Waals surface area contributed by atoms with E-state index in [2.05, 4.69) is 31.3 Å². The summed E-state index contributed by atoms with van der Waals surface area (Å²) in [6.07, 6.45) is 2.63. The summed E-state index contributed by atoms with van der Waals surface area (Å²) >= 11 is 0. The molecule has 0 saturated carbocycles. The Morgan fingerprint density at radius 1 is 1.26 bits per heavy atom. The van der Waals surface area contributed by atoms with Crippen LogP contribution in [0.1, 0.15) is 33.7 Å². The van der Waals surface area contributed by atoms with Crippen LogP contribution in [0, 0.1) is 0 Å². The molecule has 2 N–H and O–H groups in total. The second-order valence-electron chi connectivity index (χ2n) is 6.27. The Morgan fingerprint density at radius 2 is 2.11 bits per heavy atom. The third kappa shape index (κ3) is 4.69.